The normalized spacial score (nSPS) is 12.3. The number of amides is 1. The lowest BCUT2D eigenvalue weighted by Gasteiger charge is -2.14. The zero-order valence-electron chi connectivity index (χ0n) is 12.6. The van der Waals surface area contributed by atoms with Gasteiger partial charge in [-0.3, -0.25) is 4.79 Å². The van der Waals surface area contributed by atoms with Crippen LogP contribution in [0.2, 0.25) is 0 Å². The number of H-pyrrole nitrogens is 1. The summed E-state index contributed by atoms with van der Waals surface area (Å²) in [4.78, 5) is 15.1. The fourth-order valence-corrected chi connectivity index (χ4v) is 2.58. The van der Waals surface area contributed by atoms with Gasteiger partial charge in [-0.1, -0.05) is 24.3 Å². The molecule has 4 nitrogen and oxygen atoms in total. The molecular weight excluding hydrogens is 295 g/mol. The lowest BCUT2D eigenvalue weighted by molar-refractivity contribution is 0.0912. The van der Waals surface area contributed by atoms with Crippen molar-refractivity contribution >= 4 is 16.8 Å². The molecule has 118 valence electrons. The number of aryl methyl sites for hydroxylation is 1. The van der Waals surface area contributed by atoms with E-state index in [0.717, 1.165) is 11.1 Å². The number of fused-ring (bicyclic) bond motifs is 1. The Balaban J connectivity index is 1.70. The monoisotopic (exact) mass is 312 g/mol. The molecule has 0 fully saturated rings. The Labute approximate surface area is 133 Å². The van der Waals surface area contributed by atoms with E-state index >= 15 is 0 Å². The van der Waals surface area contributed by atoms with E-state index in [-0.39, 0.29) is 18.3 Å². The fraction of sp³-hybridized carbons (Fsp3) is 0.167. The Morgan fingerprint density at radius 3 is 2.83 bits per heavy atom. The molecule has 5 heteroatoms. The molecule has 0 bridgehead atoms. The second kappa shape index (κ2) is 6.22. The van der Waals surface area contributed by atoms with Crippen LogP contribution in [0.25, 0.3) is 10.9 Å². The van der Waals surface area contributed by atoms with Gasteiger partial charge in [0.15, 0.2) is 0 Å². The number of aliphatic hydroxyl groups is 1. The third-order valence-corrected chi connectivity index (χ3v) is 3.83. The summed E-state index contributed by atoms with van der Waals surface area (Å²) in [5.74, 6) is -0.687. The van der Waals surface area contributed by atoms with Gasteiger partial charge >= 0.3 is 0 Å². The van der Waals surface area contributed by atoms with Crippen LogP contribution < -0.4 is 5.32 Å². The van der Waals surface area contributed by atoms with E-state index in [9.17, 15) is 14.3 Å². The minimum absolute atomic E-state index is 0.105. The molecule has 1 unspecified atom stereocenters. The van der Waals surface area contributed by atoms with Gasteiger partial charge < -0.3 is 15.4 Å². The molecule has 1 heterocycles. The molecule has 0 spiro atoms. The van der Waals surface area contributed by atoms with Gasteiger partial charge in [0.1, 0.15) is 11.5 Å². The molecule has 0 aliphatic carbocycles. The van der Waals surface area contributed by atoms with E-state index in [1.165, 1.54) is 12.1 Å². The zero-order chi connectivity index (χ0) is 16.4. The summed E-state index contributed by atoms with van der Waals surface area (Å²) < 4.78 is 13.2. The quantitative estimate of drug-likeness (QED) is 0.693. The van der Waals surface area contributed by atoms with Gasteiger partial charge in [-0.25, -0.2) is 4.39 Å². The standard InChI is InChI=1S/C18H17FN2O2/c1-11-4-2-3-5-14(11)17(22)10-20-18(23)16-9-12-8-13(19)6-7-15(12)21-16/h2-9,17,21-22H,10H2,1H3,(H,20,23). The fourth-order valence-electron chi connectivity index (χ4n) is 2.58. The van der Waals surface area contributed by atoms with E-state index in [1.54, 1.807) is 12.1 Å². The molecule has 0 saturated carbocycles. The largest absolute Gasteiger partial charge is 0.387 e. The maximum absolute atomic E-state index is 13.2. The van der Waals surface area contributed by atoms with Crippen molar-refractivity contribution in [2.24, 2.45) is 0 Å². The van der Waals surface area contributed by atoms with E-state index in [1.807, 2.05) is 31.2 Å². The van der Waals surface area contributed by atoms with Gasteiger partial charge in [0.05, 0.1) is 6.10 Å². The molecule has 2 aromatic carbocycles. The molecule has 0 saturated heterocycles. The first kappa shape index (κ1) is 15.2. The van der Waals surface area contributed by atoms with Crippen LogP contribution in [0.15, 0.2) is 48.5 Å². The van der Waals surface area contributed by atoms with Crippen molar-refractivity contribution in [3.8, 4) is 0 Å². The highest BCUT2D eigenvalue weighted by Gasteiger charge is 2.14. The number of halogens is 1. The van der Waals surface area contributed by atoms with Gasteiger partial charge in [-0.05, 0) is 42.3 Å². The molecule has 1 aromatic heterocycles. The van der Waals surface area contributed by atoms with Crippen molar-refractivity contribution < 1.29 is 14.3 Å². The maximum atomic E-state index is 13.2. The molecule has 3 rings (SSSR count). The third-order valence-electron chi connectivity index (χ3n) is 3.83. The molecule has 0 radical (unpaired) electrons. The van der Waals surface area contributed by atoms with Gasteiger partial charge in [-0.2, -0.15) is 0 Å². The second-order valence-electron chi connectivity index (χ2n) is 5.50. The summed E-state index contributed by atoms with van der Waals surface area (Å²) in [6.07, 6.45) is -0.776. The number of carbonyl (C=O) groups is 1. The lowest BCUT2D eigenvalue weighted by Crippen LogP contribution is -2.28. The zero-order valence-corrected chi connectivity index (χ0v) is 12.6. The number of rotatable bonds is 4. The number of hydrogen-bond donors (Lipinski definition) is 3. The number of carbonyl (C=O) groups excluding carboxylic acids is 1. The van der Waals surface area contributed by atoms with Crippen LogP contribution in [-0.4, -0.2) is 22.5 Å². The summed E-state index contributed by atoms with van der Waals surface area (Å²) in [6.45, 7) is 2.01. The molecule has 23 heavy (non-hydrogen) atoms. The highest BCUT2D eigenvalue weighted by Crippen LogP contribution is 2.18. The van der Waals surface area contributed by atoms with Gasteiger partial charge in [0.25, 0.3) is 5.91 Å². The molecule has 1 amide bonds. The summed E-state index contributed by atoms with van der Waals surface area (Å²) >= 11 is 0. The summed E-state index contributed by atoms with van der Waals surface area (Å²) in [7, 11) is 0. The van der Waals surface area contributed by atoms with Crippen LogP contribution in [0.5, 0.6) is 0 Å². The van der Waals surface area contributed by atoms with Crippen LogP contribution in [0, 0.1) is 12.7 Å². The summed E-state index contributed by atoms with van der Waals surface area (Å²) in [5.41, 5.74) is 2.78. The van der Waals surface area contributed by atoms with Crippen molar-refractivity contribution in [1.82, 2.24) is 10.3 Å². The Hall–Kier alpha value is -2.66. The molecule has 0 aliphatic rings. The van der Waals surface area contributed by atoms with Crippen LogP contribution in [-0.2, 0) is 0 Å². The van der Waals surface area contributed by atoms with Crippen molar-refractivity contribution in [2.75, 3.05) is 6.54 Å². The number of benzene rings is 2. The minimum atomic E-state index is -0.776. The molecule has 3 aromatic rings. The Morgan fingerprint density at radius 1 is 1.26 bits per heavy atom. The minimum Gasteiger partial charge on any atom is -0.387 e. The van der Waals surface area contributed by atoms with Gasteiger partial charge in [0, 0.05) is 17.4 Å². The average Bonchev–Trinajstić information content (AvgIpc) is 2.95. The molecule has 3 N–H and O–H groups in total. The second-order valence-corrected chi connectivity index (χ2v) is 5.50. The number of hydrogen-bond acceptors (Lipinski definition) is 2. The Kier molecular flexibility index (Phi) is 4.12. The smallest absolute Gasteiger partial charge is 0.267 e. The van der Waals surface area contributed by atoms with Crippen LogP contribution in [0.4, 0.5) is 4.39 Å². The Bertz CT molecular complexity index is 857. The van der Waals surface area contributed by atoms with Crippen LogP contribution in [0.1, 0.15) is 27.7 Å². The van der Waals surface area contributed by atoms with Crippen molar-refractivity contribution in [3.05, 3.63) is 71.2 Å². The Morgan fingerprint density at radius 2 is 2.04 bits per heavy atom. The number of aliphatic hydroxyl groups excluding tert-OH is 1. The highest BCUT2D eigenvalue weighted by atomic mass is 19.1. The number of aromatic nitrogens is 1. The topological polar surface area (TPSA) is 65.1 Å². The first-order chi connectivity index (χ1) is 11.0. The molecule has 0 aliphatic heterocycles. The van der Waals surface area contributed by atoms with Crippen molar-refractivity contribution in [1.29, 1.82) is 0 Å². The van der Waals surface area contributed by atoms with Crippen LogP contribution >= 0.6 is 0 Å². The van der Waals surface area contributed by atoms with E-state index in [0.29, 0.717) is 16.6 Å². The summed E-state index contributed by atoms with van der Waals surface area (Å²) in [5, 5.41) is 13.5. The van der Waals surface area contributed by atoms with Crippen molar-refractivity contribution in [2.45, 2.75) is 13.0 Å². The number of nitrogens with one attached hydrogen (secondary N) is 2. The maximum Gasteiger partial charge on any atom is 0.267 e. The molecule has 1 atom stereocenters. The SMILES string of the molecule is Cc1ccccc1C(O)CNC(=O)c1cc2cc(F)ccc2[nH]1. The van der Waals surface area contributed by atoms with Crippen LogP contribution in [0.3, 0.4) is 0 Å². The first-order valence-electron chi connectivity index (χ1n) is 7.34. The predicted molar refractivity (Wildman–Crippen MR) is 86.7 cm³/mol. The number of aromatic amines is 1. The average molecular weight is 312 g/mol. The predicted octanol–water partition coefficient (Wildman–Crippen LogP) is 3.08. The summed E-state index contributed by atoms with van der Waals surface area (Å²) in [6, 6.07) is 13.4. The first-order valence-corrected chi connectivity index (χ1v) is 7.34. The third kappa shape index (κ3) is 3.24. The van der Waals surface area contributed by atoms with Gasteiger partial charge in [-0.15, -0.1) is 0 Å². The highest BCUT2D eigenvalue weighted by molar-refractivity contribution is 5.98. The lowest BCUT2D eigenvalue weighted by atomic mass is 10.0. The molecular formula is C18H17FN2O2. The van der Waals surface area contributed by atoms with Crippen molar-refractivity contribution in [3.63, 3.8) is 0 Å². The van der Waals surface area contributed by atoms with Gasteiger partial charge in [0.2, 0.25) is 0 Å². The van der Waals surface area contributed by atoms with E-state index in [2.05, 4.69) is 10.3 Å². The van der Waals surface area contributed by atoms with E-state index in [4.69, 9.17) is 0 Å². The van der Waals surface area contributed by atoms with E-state index < -0.39 is 6.10 Å².